The highest BCUT2D eigenvalue weighted by molar-refractivity contribution is 14.2. The lowest BCUT2D eigenvalue weighted by atomic mass is 10.2. The third-order valence-electron chi connectivity index (χ3n) is 1.50. The van der Waals surface area contributed by atoms with Gasteiger partial charge in [-0.25, -0.2) is 8.14 Å². The van der Waals surface area contributed by atoms with E-state index in [4.69, 9.17) is 0 Å². The summed E-state index contributed by atoms with van der Waals surface area (Å²) in [6, 6.07) is 6.19. The average molecular weight is 258 g/mol. The molecule has 11 heavy (non-hydrogen) atoms. The van der Waals surface area contributed by atoms with Crippen LogP contribution < -0.4 is 0 Å². The highest BCUT2D eigenvalue weighted by Crippen LogP contribution is 2.34. The Labute approximate surface area is 75.5 Å². The largest absolute Gasteiger partial charge is 0.247 e. The molecule has 1 heterocycles. The minimum Gasteiger partial charge on any atom is -0.247 e. The minimum absolute atomic E-state index is 0.151. The van der Waals surface area contributed by atoms with E-state index in [1.807, 2.05) is 10.3 Å². The summed E-state index contributed by atoms with van der Waals surface area (Å²) in [5.41, 5.74) is 3.33. The summed E-state index contributed by atoms with van der Waals surface area (Å²) in [5, 5.41) is 0. The lowest BCUT2D eigenvalue weighted by Gasteiger charge is -2.02. The fraction of sp³-hybridized carbons (Fsp3) is 0.125. The number of hydrogen-bond donors (Lipinski definition) is 0. The second kappa shape index (κ2) is 2.81. The van der Waals surface area contributed by atoms with Crippen LogP contribution in [-0.4, -0.2) is 4.22 Å². The molecule has 0 radical (unpaired) electrons. The third kappa shape index (κ3) is 1.38. The molecular formula is C8H7IN2. The first kappa shape index (κ1) is 7.09. The zero-order chi connectivity index (χ0) is 7.68. The van der Waals surface area contributed by atoms with Crippen LogP contribution in [0.15, 0.2) is 26.3 Å². The molecule has 0 bridgehead atoms. The van der Waals surface area contributed by atoms with Gasteiger partial charge in [-0.2, -0.15) is 0 Å². The average Bonchev–Trinajstić information content (AvgIpc) is 2.04. The summed E-state index contributed by atoms with van der Waals surface area (Å²) in [5.74, 6) is 0. The van der Waals surface area contributed by atoms with Crippen LogP contribution in [-0.2, 0) is 0 Å². The molecule has 0 atom stereocenters. The first-order chi connectivity index (χ1) is 5.36. The molecule has 1 aromatic carbocycles. The normalized spacial score (nSPS) is 13.9. The lowest BCUT2D eigenvalue weighted by molar-refractivity contribution is 1.41. The van der Waals surface area contributed by atoms with Gasteiger partial charge in [0.25, 0.3) is 0 Å². The van der Waals surface area contributed by atoms with E-state index in [9.17, 15) is 0 Å². The van der Waals surface area contributed by atoms with Gasteiger partial charge < -0.3 is 0 Å². The Morgan fingerprint density at radius 2 is 2.18 bits per heavy atom. The van der Waals surface area contributed by atoms with Crippen molar-refractivity contribution in [1.29, 1.82) is 0 Å². The van der Waals surface area contributed by atoms with Crippen molar-refractivity contribution < 1.29 is 0 Å². The van der Waals surface area contributed by atoms with Crippen LogP contribution in [0.3, 0.4) is 0 Å². The monoisotopic (exact) mass is 258 g/mol. The van der Waals surface area contributed by atoms with Crippen molar-refractivity contribution in [1.82, 2.24) is 0 Å². The molecule has 0 spiro atoms. The number of rotatable bonds is 0. The molecule has 0 unspecified atom stereocenters. The van der Waals surface area contributed by atoms with Crippen molar-refractivity contribution in [2.24, 2.45) is 8.14 Å². The van der Waals surface area contributed by atoms with E-state index in [1.54, 1.807) is 0 Å². The van der Waals surface area contributed by atoms with E-state index < -0.39 is 0 Å². The van der Waals surface area contributed by atoms with E-state index in [-0.39, 0.29) is 21.0 Å². The number of fused-ring (bicyclic) bond motifs is 1. The zero-order valence-electron chi connectivity index (χ0n) is 6.08. The summed E-state index contributed by atoms with van der Waals surface area (Å²) < 4.78 is 6.34. The first-order valence-electron chi connectivity index (χ1n) is 3.33. The standard InChI is InChI=1S/C8H7IN2/c1-6-2-3-7-8(4-6)10-5-9-11-7/h2-5H,1H3. The van der Waals surface area contributed by atoms with E-state index in [2.05, 4.69) is 27.2 Å². The van der Waals surface area contributed by atoms with Crippen LogP contribution in [0.2, 0.25) is 0 Å². The van der Waals surface area contributed by atoms with Crippen LogP contribution in [0.4, 0.5) is 11.4 Å². The summed E-state index contributed by atoms with van der Waals surface area (Å²) >= 11 is -0.151. The molecule has 0 saturated carbocycles. The van der Waals surface area contributed by atoms with Crippen LogP contribution in [0, 0.1) is 6.92 Å². The van der Waals surface area contributed by atoms with E-state index in [0.717, 1.165) is 11.4 Å². The van der Waals surface area contributed by atoms with Gasteiger partial charge in [-0.3, -0.25) is 0 Å². The molecule has 0 fully saturated rings. The smallest absolute Gasteiger partial charge is 0.0948 e. The number of nitrogens with zero attached hydrogens (tertiary/aromatic N) is 2. The van der Waals surface area contributed by atoms with E-state index >= 15 is 0 Å². The van der Waals surface area contributed by atoms with Crippen LogP contribution in [0.1, 0.15) is 5.56 Å². The molecule has 2 nitrogen and oxygen atoms in total. The van der Waals surface area contributed by atoms with Crippen LogP contribution in [0.25, 0.3) is 0 Å². The molecule has 0 aliphatic carbocycles. The van der Waals surface area contributed by atoms with Crippen molar-refractivity contribution in [2.75, 3.05) is 0 Å². The molecular weight excluding hydrogens is 251 g/mol. The topological polar surface area (TPSA) is 24.7 Å². The van der Waals surface area contributed by atoms with Crippen molar-refractivity contribution in [2.45, 2.75) is 6.92 Å². The van der Waals surface area contributed by atoms with Crippen LogP contribution in [0.5, 0.6) is 0 Å². The molecule has 0 N–H and O–H groups in total. The summed E-state index contributed by atoms with van der Waals surface area (Å²) in [6.07, 6.45) is 0. The summed E-state index contributed by atoms with van der Waals surface area (Å²) in [7, 11) is 0. The quantitative estimate of drug-likeness (QED) is 0.637. The molecule has 1 aliphatic rings. The van der Waals surface area contributed by atoms with Gasteiger partial charge in [0.1, 0.15) is 0 Å². The first-order valence-corrected chi connectivity index (χ1v) is 5.54. The highest BCUT2D eigenvalue weighted by Gasteiger charge is 2.00. The Kier molecular flexibility index (Phi) is 1.81. The summed E-state index contributed by atoms with van der Waals surface area (Å²) in [6.45, 7) is 2.07. The molecule has 2 rings (SSSR count). The van der Waals surface area contributed by atoms with Crippen molar-refractivity contribution >= 4 is 36.6 Å². The number of aryl methyl sites for hydroxylation is 1. The van der Waals surface area contributed by atoms with E-state index in [1.165, 1.54) is 5.56 Å². The molecule has 0 amide bonds. The minimum atomic E-state index is -0.151. The molecule has 56 valence electrons. The fourth-order valence-electron chi connectivity index (χ4n) is 0.957. The Morgan fingerprint density at radius 1 is 1.27 bits per heavy atom. The predicted octanol–water partition coefficient (Wildman–Crippen LogP) is 3.45. The van der Waals surface area contributed by atoms with Gasteiger partial charge in [0.15, 0.2) is 0 Å². The van der Waals surface area contributed by atoms with Crippen molar-refractivity contribution in [3.05, 3.63) is 23.8 Å². The van der Waals surface area contributed by atoms with E-state index in [0.29, 0.717) is 0 Å². The maximum atomic E-state index is 4.39. The zero-order valence-corrected chi connectivity index (χ0v) is 8.24. The SMILES string of the molecule is Cc1ccc2c(c1)N=CI=N2. The van der Waals surface area contributed by atoms with Gasteiger partial charge in [0.2, 0.25) is 0 Å². The van der Waals surface area contributed by atoms with Gasteiger partial charge >= 0.3 is 0 Å². The highest BCUT2D eigenvalue weighted by atomic mass is 127. The predicted molar refractivity (Wildman–Crippen MR) is 55.4 cm³/mol. The van der Waals surface area contributed by atoms with Crippen molar-refractivity contribution in [3.8, 4) is 0 Å². The van der Waals surface area contributed by atoms with Crippen LogP contribution >= 0.6 is 21.0 Å². The molecule has 0 saturated heterocycles. The van der Waals surface area contributed by atoms with Gasteiger partial charge in [-0.15, -0.1) is 0 Å². The molecule has 3 heteroatoms. The molecule has 1 aromatic rings. The Morgan fingerprint density at radius 3 is 3.09 bits per heavy atom. The van der Waals surface area contributed by atoms with Gasteiger partial charge in [-0.05, 0) is 24.6 Å². The van der Waals surface area contributed by atoms with Gasteiger partial charge in [0.05, 0.1) is 15.6 Å². The fourth-order valence-corrected chi connectivity index (χ4v) is 2.21. The Balaban J connectivity index is 2.63. The second-order valence-electron chi connectivity index (χ2n) is 2.40. The molecule has 0 aromatic heterocycles. The molecule has 1 aliphatic heterocycles. The number of benzene rings is 1. The van der Waals surface area contributed by atoms with Gasteiger partial charge in [0, 0.05) is 21.0 Å². The third-order valence-corrected chi connectivity index (χ3v) is 2.83. The second-order valence-corrected chi connectivity index (χ2v) is 4.00. The number of aliphatic imine (C=N–C) groups is 1. The van der Waals surface area contributed by atoms with Gasteiger partial charge in [-0.1, -0.05) is 6.07 Å². The Bertz CT molecular complexity index is 342. The summed E-state index contributed by atoms with van der Waals surface area (Å²) in [4.78, 5) is 4.28. The van der Waals surface area contributed by atoms with Crippen molar-refractivity contribution in [3.63, 3.8) is 0 Å². The maximum absolute atomic E-state index is 4.39. The number of hydrogen-bond acceptors (Lipinski definition) is 2. The maximum Gasteiger partial charge on any atom is 0.0948 e. The number of halogens is 1. The lowest BCUT2D eigenvalue weighted by Crippen LogP contribution is -1.74. The Hall–Kier alpha value is -0.580.